The molecule has 0 saturated heterocycles. The van der Waals surface area contributed by atoms with Gasteiger partial charge in [0.25, 0.3) is 0 Å². The average Bonchev–Trinajstić information content (AvgIpc) is 2.74. The van der Waals surface area contributed by atoms with Crippen molar-refractivity contribution in [1.82, 2.24) is 15.1 Å². The minimum absolute atomic E-state index is 0.161. The van der Waals surface area contributed by atoms with E-state index in [9.17, 15) is 4.79 Å². The molecule has 0 bridgehead atoms. The largest absolute Gasteiger partial charge is 0.369 e. The van der Waals surface area contributed by atoms with Crippen molar-refractivity contribution < 1.29 is 4.79 Å². The number of hydrogen-bond donors (Lipinski definition) is 2. The van der Waals surface area contributed by atoms with Gasteiger partial charge in [0.15, 0.2) is 0 Å². The minimum Gasteiger partial charge on any atom is -0.369 e. The normalized spacial score (nSPS) is 13.6. The first-order valence-corrected chi connectivity index (χ1v) is 5.92. The molecule has 96 valence electrons. The van der Waals surface area contributed by atoms with E-state index in [2.05, 4.69) is 10.4 Å². The average molecular weight is 238 g/mol. The summed E-state index contributed by atoms with van der Waals surface area (Å²) in [6.45, 7) is 9.19. The molecule has 0 fully saturated rings. The SMILES string of the molecule is CCn1cc(C(C)NCC(C)(C)C(N)=O)cn1. The van der Waals surface area contributed by atoms with Crippen molar-refractivity contribution in [3.63, 3.8) is 0 Å². The third-order valence-corrected chi connectivity index (χ3v) is 2.99. The minimum atomic E-state index is -0.533. The van der Waals surface area contributed by atoms with Crippen LogP contribution in [0.1, 0.15) is 39.3 Å². The number of carbonyl (C=O) groups excluding carboxylic acids is 1. The molecule has 0 aliphatic rings. The fourth-order valence-corrected chi connectivity index (χ4v) is 1.39. The Morgan fingerprint density at radius 1 is 1.65 bits per heavy atom. The third kappa shape index (κ3) is 3.56. The lowest BCUT2D eigenvalue weighted by atomic mass is 9.92. The lowest BCUT2D eigenvalue weighted by Gasteiger charge is -2.23. The highest BCUT2D eigenvalue weighted by Gasteiger charge is 2.25. The molecule has 0 aliphatic carbocycles. The molecule has 1 aromatic heterocycles. The number of rotatable bonds is 6. The van der Waals surface area contributed by atoms with Crippen LogP contribution < -0.4 is 11.1 Å². The van der Waals surface area contributed by atoms with Gasteiger partial charge in [0.1, 0.15) is 0 Å². The van der Waals surface area contributed by atoms with Gasteiger partial charge in [0.2, 0.25) is 5.91 Å². The Morgan fingerprint density at radius 3 is 2.76 bits per heavy atom. The highest BCUT2D eigenvalue weighted by molar-refractivity contribution is 5.80. The summed E-state index contributed by atoms with van der Waals surface area (Å²) in [6, 6.07) is 0.161. The number of aryl methyl sites for hydroxylation is 1. The zero-order chi connectivity index (χ0) is 13.1. The zero-order valence-corrected chi connectivity index (χ0v) is 11.0. The van der Waals surface area contributed by atoms with E-state index < -0.39 is 5.41 Å². The number of nitrogens with zero attached hydrogens (tertiary/aromatic N) is 2. The van der Waals surface area contributed by atoms with Gasteiger partial charge in [0, 0.05) is 30.9 Å². The van der Waals surface area contributed by atoms with Gasteiger partial charge in [-0.3, -0.25) is 9.48 Å². The van der Waals surface area contributed by atoms with Crippen molar-refractivity contribution in [2.75, 3.05) is 6.54 Å². The Bertz CT molecular complexity index is 384. The molecule has 5 nitrogen and oxygen atoms in total. The van der Waals surface area contributed by atoms with Crippen molar-refractivity contribution in [3.05, 3.63) is 18.0 Å². The summed E-state index contributed by atoms with van der Waals surface area (Å²) in [4.78, 5) is 11.2. The molecule has 0 radical (unpaired) electrons. The highest BCUT2D eigenvalue weighted by Crippen LogP contribution is 2.16. The fourth-order valence-electron chi connectivity index (χ4n) is 1.39. The summed E-state index contributed by atoms with van der Waals surface area (Å²) in [5, 5.41) is 7.52. The van der Waals surface area contributed by atoms with E-state index >= 15 is 0 Å². The Balaban J connectivity index is 2.55. The number of carbonyl (C=O) groups is 1. The summed E-state index contributed by atoms with van der Waals surface area (Å²) in [6.07, 6.45) is 3.85. The standard InChI is InChI=1S/C12H22N4O/c1-5-16-7-10(6-15-16)9(2)14-8-12(3,4)11(13)17/h6-7,9,14H,5,8H2,1-4H3,(H2,13,17). The van der Waals surface area contributed by atoms with Crippen molar-refractivity contribution in [3.8, 4) is 0 Å². The van der Waals surface area contributed by atoms with Gasteiger partial charge in [-0.2, -0.15) is 5.10 Å². The van der Waals surface area contributed by atoms with Gasteiger partial charge in [-0.1, -0.05) is 0 Å². The molecule has 1 rings (SSSR count). The number of aromatic nitrogens is 2. The molecular formula is C12H22N4O. The van der Waals surface area contributed by atoms with Crippen LogP contribution in [0.5, 0.6) is 0 Å². The number of hydrogen-bond acceptors (Lipinski definition) is 3. The van der Waals surface area contributed by atoms with Crippen LogP contribution in [-0.4, -0.2) is 22.2 Å². The fraction of sp³-hybridized carbons (Fsp3) is 0.667. The first-order chi connectivity index (χ1) is 7.86. The number of nitrogens with one attached hydrogen (secondary N) is 1. The maximum atomic E-state index is 11.2. The van der Waals surface area contributed by atoms with Crippen LogP contribution in [0.15, 0.2) is 12.4 Å². The lowest BCUT2D eigenvalue weighted by Crippen LogP contribution is -2.41. The lowest BCUT2D eigenvalue weighted by molar-refractivity contribution is -0.125. The van der Waals surface area contributed by atoms with Gasteiger partial charge < -0.3 is 11.1 Å². The molecule has 1 atom stereocenters. The summed E-state index contributed by atoms with van der Waals surface area (Å²) in [7, 11) is 0. The van der Waals surface area contributed by atoms with Crippen LogP contribution >= 0.6 is 0 Å². The van der Waals surface area contributed by atoms with Crippen LogP contribution in [0.3, 0.4) is 0 Å². The molecule has 0 aliphatic heterocycles. The molecule has 5 heteroatoms. The van der Waals surface area contributed by atoms with E-state index in [4.69, 9.17) is 5.73 Å². The van der Waals surface area contributed by atoms with Crippen LogP contribution in [0.25, 0.3) is 0 Å². The van der Waals surface area contributed by atoms with Crippen molar-refractivity contribution in [1.29, 1.82) is 0 Å². The first-order valence-electron chi connectivity index (χ1n) is 5.92. The zero-order valence-electron chi connectivity index (χ0n) is 11.0. The van der Waals surface area contributed by atoms with Crippen molar-refractivity contribution in [2.45, 2.75) is 40.3 Å². The van der Waals surface area contributed by atoms with Crippen LogP contribution in [0, 0.1) is 5.41 Å². The molecule has 17 heavy (non-hydrogen) atoms. The molecule has 1 unspecified atom stereocenters. The van der Waals surface area contributed by atoms with Crippen molar-refractivity contribution >= 4 is 5.91 Å². The van der Waals surface area contributed by atoms with E-state index in [0.29, 0.717) is 6.54 Å². The van der Waals surface area contributed by atoms with Crippen molar-refractivity contribution in [2.24, 2.45) is 11.1 Å². The molecule has 0 saturated carbocycles. The third-order valence-electron chi connectivity index (χ3n) is 2.99. The number of amides is 1. The van der Waals surface area contributed by atoms with E-state index in [1.54, 1.807) is 0 Å². The molecule has 0 spiro atoms. The summed E-state index contributed by atoms with van der Waals surface area (Å²) in [5.74, 6) is -0.290. The van der Waals surface area contributed by atoms with E-state index in [-0.39, 0.29) is 11.9 Å². The Kier molecular flexibility index (Phi) is 4.28. The molecule has 0 aromatic carbocycles. The van der Waals surface area contributed by atoms with Crippen LogP contribution in [0.4, 0.5) is 0 Å². The Hall–Kier alpha value is -1.36. The maximum Gasteiger partial charge on any atom is 0.224 e. The Morgan fingerprint density at radius 2 is 2.29 bits per heavy atom. The van der Waals surface area contributed by atoms with Gasteiger partial charge >= 0.3 is 0 Å². The second-order valence-electron chi connectivity index (χ2n) is 4.98. The van der Waals surface area contributed by atoms with Crippen LogP contribution in [-0.2, 0) is 11.3 Å². The molecular weight excluding hydrogens is 216 g/mol. The quantitative estimate of drug-likeness (QED) is 0.778. The molecule has 1 amide bonds. The first kappa shape index (κ1) is 13.7. The van der Waals surface area contributed by atoms with E-state index in [1.807, 2.05) is 44.8 Å². The predicted octanol–water partition coefficient (Wildman–Crippen LogP) is 1.07. The van der Waals surface area contributed by atoms with Gasteiger partial charge in [-0.15, -0.1) is 0 Å². The molecule has 3 N–H and O–H groups in total. The van der Waals surface area contributed by atoms with Crippen LogP contribution in [0.2, 0.25) is 0 Å². The molecule has 1 heterocycles. The second kappa shape index (κ2) is 5.31. The summed E-state index contributed by atoms with van der Waals surface area (Å²) in [5.41, 5.74) is 5.91. The topological polar surface area (TPSA) is 72.9 Å². The second-order valence-corrected chi connectivity index (χ2v) is 4.98. The summed E-state index contributed by atoms with van der Waals surface area (Å²) < 4.78 is 1.88. The Labute approximate surface area is 102 Å². The van der Waals surface area contributed by atoms with Gasteiger partial charge in [-0.05, 0) is 27.7 Å². The highest BCUT2D eigenvalue weighted by atomic mass is 16.1. The van der Waals surface area contributed by atoms with E-state index in [0.717, 1.165) is 12.1 Å². The predicted molar refractivity (Wildman–Crippen MR) is 67.3 cm³/mol. The monoisotopic (exact) mass is 238 g/mol. The van der Waals surface area contributed by atoms with Gasteiger partial charge in [0.05, 0.1) is 11.6 Å². The maximum absolute atomic E-state index is 11.2. The number of nitrogens with two attached hydrogens (primary N) is 1. The van der Waals surface area contributed by atoms with Gasteiger partial charge in [-0.25, -0.2) is 0 Å². The number of primary amides is 1. The smallest absolute Gasteiger partial charge is 0.224 e. The summed E-state index contributed by atoms with van der Waals surface area (Å²) >= 11 is 0. The molecule has 1 aromatic rings. The van der Waals surface area contributed by atoms with E-state index in [1.165, 1.54) is 0 Å².